The van der Waals surface area contributed by atoms with Crippen LogP contribution >= 0.6 is 0 Å². The van der Waals surface area contributed by atoms with E-state index in [1.807, 2.05) is 79.7 Å². The number of hydrogen-bond acceptors (Lipinski definition) is 4. The van der Waals surface area contributed by atoms with Gasteiger partial charge in [-0.05, 0) is 80.7 Å². The molecule has 5 rings (SSSR count). The maximum Gasteiger partial charge on any atom is 0.266 e. The third kappa shape index (κ3) is 4.75. The molecule has 174 valence electrons. The van der Waals surface area contributed by atoms with Crippen LogP contribution in [0.15, 0.2) is 77.6 Å². The SMILES string of the molecule is Cc1nc2cccc(-c3ccccc3)c2c(=O)n1-c1ccc(OCCCN2CCCCC2)cc1. The van der Waals surface area contributed by atoms with E-state index in [1.165, 1.54) is 32.4 Å². The van der Waals surface area contributed by atoms with E-state index in [1.54, 1.807) is 4.57 Å². The van der Waals surface area contributed by atoms with Crippen LogP contribution in [-0.4, -0.2) is 40.7 Å². The summed E-state index contributed by atoms with van der Waals surface area (Å²) < 4.78 is 7.66. The second kappa shape index (κ2) is 10.2. The van der Waals surface area contributed by atoms with Crippen LogP contribution in [0.4, 0.5) is 0 Å². The maximum atomic E-state index is 13.7. The Kier molecular flexibility index (Phi) is 6.72. The quantitative estimate of drug-likeness (QED) is 0.341. The number of nitrogens with zero attached hydrogens (tertiary/aromatic N) is 3. The molecule has 1 aliphatic rings. The van der Waals surface area contributed by atoms with Crippen molar-refractivity contribution in [1.82, 2.24) is 14.5 Å². The van der Waals surface area contributed by atoms with Crippen LogP contribution in [-0.2, 0) is 0 Å². The highest BCUT2D eigenvalue weighted by Gasteiger charge is 2.14. The predicted octanol–water partition coefficient (Wildman–Crippen LogP) is 5.62. The molecule has 0 unspecified atom stereocenters. The minimum atomic E-state index is -0.0582. The normalized spacial score (nSPS) is 14.4. The molecule has 3 aromatic carbocycles. The highest BCUT2D eigenvalue weighted by Crippen LogP contribution is 2.26. The monoisotopic (exact) mass is 453 g/mol. The number of aromatic nitrogens is 2. The van der Waals surface area contributed by atoms with Crippen molar-refractivity contribution in [3.05, 3.63) is 89.0 Å². The van der Waals surface area contributed by atoms with Gasteiger partial charge in [0.15, 0.2) is 0 Å². The lowest BCUT2D eigenvalue weighted by Crippen LogP contribution is -2.31. The van der Waals surface area contributed by atoms with Gasteiger partial charge in [-0.25, -0.2) is 4.98 Å². The summed E-state index contributed by atoms with van der Waals surface area (Å²) in [7, 11) is 0. The molecule has 0 N–H and O–H groups in total. The lowest BCUT2D eigenvalue weighted by Gasteiger charge is -2.26. The molecule has 1 aromatic heterocycles. The third-order valence-corrected chi connectivity index (χ3v) is 6.58. The van der Waals surface area contributed by atoms with Crippen molar-refractivity contribution in [3.8, 4) is 22.6 Å². The van der Waals surface area contributed by atoms with Gasteiger partial charge in [-0.1, -0.05) is 48.9 Å². The Balaban J connectivity index is 1.37. The number of rotatable bonds is 7. The first-order chi connectivity index (χ1) is 16.7. The standard InChI is InChI=1S/C29H31N3O2/c1-22-30-27-13-8-12-26(23-10-4-2-5-11-23)28(27)29(33)32(22)24-14-16-25(17-15-24)34-21-9-20-31-18-6-3-7-19-31/h2,4-5,8,10-17H,3,6-7,9,18-21H2,1H3. The van der Waals surface area contributed by atoms with Crippen LogP contribution in [0.3, 0.4) is 0 Å². The van der Waals surface area contributed by atoms with E-state index < -0.39 is 0 Å². The van der Waals surface area contributed by atoms with Gasteiger partial charge in [0.1, 0.15) is 11.6 Å². The second-order valence-corrected chi connectivity index (χ2v) is 8.96. The van der Waals surface area contributed by atoms with Crippen molar-refractivity contribution in [1.29, 1.82) is 0 Å². The number of fused-ring (bicyclic) bond motifs is 1. The van der Waals surface area contributed by atoms with Crippen molar-refractivity contribution >= 4 is 10.9 Å². The van der Waals surface area contributed by atoms with Gasteiger partial charge in [-0.2, -0.15) is 0 Å². The minimum Gasteiger partial charge on any atom is -0.494 e. The largest absolute Gasteiger partial charge is 0.494 e. The predicted molar refractivity (Wildman–Crippen MR) is 138 cm³/mol. The molecule has 0 aliphatic carbocycles. The van der Waals surface area contributed by atoms with Crippen LogP contribution in [0.1, 0.15) is 31.5 Å². The van der Waals surface area contributed by atoms with Crippen LogP contribution in [0.5, 0.6) is 5.75 Å². The van der Waals surface area contributed by atoms with E-state index in [2.05, 4.69) is 4.90 Å². The zero-order chi connectivity index (χ0) is 23.3. The summed E-state index contributed by atoms with van der Waals surface area (Å²) in [4.78, 5) is 21.0. The maximum absolute atomic E-state index is 13.7. The summed E-state index contributed by atoms with van der Waals surface area (Å²) in [5.41, 5.74) is 3.36. The number of hydrogen-bond donors (Lipinski definition) is 0. The lowest BCUT2D eigenvalue weighted by atomic mass is 10.0. The third-order valence-electron chi connectivity index (χ3n) is 6.58. The van der Waals surface area contributed by atoms with Crippen molar-refractivity contribution in [2.75, 3.05) is 26.2 Å². The number of benzene rings is 3. The van der Waals surface area contributed by atoms with Crippen molar-refractivity contribution in [2.45, 2.75) is 32.6 Å². The molecule has 0 spiro atoms. The molecule has 1 fully saturated rings. The molecule has 1 saturated heterocycles. The van der Waals surface area contributed by atoms with E-state index in [0.29, 0.717) is 23.3 Å². The molecular formula is C29H31N3O2. The van der Waals surface area contributed by atoms with Crippen molar-refractivity contribution in [2.24, 2.45) is 0 Å². The van der Waals surface area contributed by atoms with E-state index in [0.717, 1.165) is 35.5 Å². The smallest absolute Gasteiger partial charge is 0.266 e. The molecule has 0 bridgehead atoms. The summed E-state index contributed by atoms with van der Waals surface area (Å²) in [5, 5.41) is 0.636. The summed E-state index contributed by atoms with van der Waals surface area (Å²) in [6, 6.07) is 23.6. The lowest BCUT2D eigenvalue weighted by molar-refractivity contribution is 0.205. The molecule has 0 saturated carbocycles. The highest BCUT2D eigenvalue weighted by molar-refractivity contribution is 5.94. The van der Waals surface area contributed by atoms with Gasteiger partial charge in [0.2, 0.25) is 0 Å². The molecule has 0 radical (unpaired) electrons. The minimum absolute atomic E-state index is 0.0582. The van der Waals surface area contributed by atoms with E-state index in [4.69, 9.17) is 9.72 Å². The topological polar surface area (TPSA) is 47.4 Å². The fourth-order valence-corrected chi connectivity index (χ4v) is 4.86. The van der Waals surface area contributed by atoms with Crippen LogP contribution in [0.2, 0.25) is 0 Å². The molecule has 4 aromatic rings. The summed E-state index contributed by atoms with van der Waals surface area (Å²) >= 11 is 0. The first kappa shape index (κ1) is 22.4. The summed E-state index contributed by atoms with van der Waals surface area (Å²) in [6.45, 7) is 6.11. The first-order valence-corrected chi connectivity index (χ1v) is 12.2. The molecule has 5 heteroatoms. The van der Waals surface area contributed by atoms with Crippen LogP contribution in [0.25, 0.3) is 27.7 Å². The average Bonchev–Trinajstić information content (AvgIpc) is 2.88. The summed E-state index contributed by atoms with van der Waals surface area (Å²) in [5.74, 6) is 1.49. The van der Waals surface area contributed by atoms with E-state index >= 15 is 0 Å². The van der Waals surface area contributed by atoms with Crippen molar-refractivity contribution < 1.29 is 4.74 Å². The van der Waals surface area contributed by atoms with E-state index in [-0.39, 0.29) is 5.56 Å². The van der Waals surface area contributed by atoms with Crippen LogP contribution < -0.4 is 10.3 Å². The zero-order valence-electron chi connectivity index (χ0n) is 19.7. The van der Waals surface area contributed by atoms with Gasteiger partial charge in [-0.3, -0.25) is 9.36 Å². The summed E-state index contributed by atoms with van der Waals surface area (Å²) in [6.07, 6.45) is 5.02. The molecule has 1 aliphatic heterocycles. The molecule has 0 amide bonds. The highest BCUT2D eigenvalue weighted by atomic mass is 16.5. The van der Waals surface area contributed by atoms with Gasteiger partial charge in [0, 0.05) is 6.54 Å². The van der Waals surface area contributed by atoms with Gasteiger partial charge in [0.05, 0.1) is 23.2 Å². The number of likely N-dealkylation sites (tertiary alicyclic amines) is 1. The molecule has 34 heavy (non-hydrogen) atoms. The van der Waals surface area contributed by atoms with Gasteiger partial charge in [0.25, 0.3) is 5.56 Å². The Bertz CT molecular complexity index is 1310. The molecule has 2 heterocycles. The Morgan fingerprint density at radius 3 is 2.41 bits per heavy atom. The van der Waals surface area contributed by atoms with Crippen LogP contribution in [0, 0.1) is 6.92 Å². The molecular weight excluding hydrogens is 422 g/mol. The Morgan fingerprint density at radius 1 is 0.882 bits per heavy atom. The second-order valence-electron chi connectivity index (χ2n) is 8.96. The van der Waals surface area contributed by atoms with Crippen molar-refractivity contribution in [3.63, 3.8) is 0 Å². The van der Waals surface area contributed by atoms with Gasteiger partial charge < -0.3 is 9.64 Å². The number of aryl methyl sites for hydroxylation is 1. The molecule has 5 nitrogen and oxygen atoms in total. The Hall–Kier alpha value is -3.44. The Morgan fingerprint density at radius 2 is 1.65 bits per heavy atom. The number of piperidine rings is 1. The fraction of sp³-hybridized carbons (Fsp3) is 0.310. The zero-order valence-corrected chi connectivity index (χ0v) is 19.7. The Labute approximate surface area is 200 Å². The first-order valence-electron chi connectivity index (χ1n) is 12.2. The fourth-order valence-electron chi connectivity index (χ4n) is 4.86. The van der Waals surface area contributed by atoms with Gasteiger partial charge in [-0.15, -0.1) is 0 Å². The molecule has 0 atom stereocenters. The number of ether oxygens (including phenoxy) is 1. The van der Waals surface area contributed by atoms with Gasteiger partial charge >= 0.3 is 0 Å². The average molecular weight is 454 g/mol. The van der Waals surface area contributed by atoms with E-state index in [9.17, 15) is 4.79 Å².